The van der Waals surface area contributed by atoms with Gasteiger partial charge in [0.1, 0.15) is 5.82 Å². The molecule has 4 rings (SSSR count). The van der Waals surface area contributed by atoms with Gasteiger partial charge in [-0.15, -0.1) is 0 Å². The fourth-order valence-corrected chi connectivity index (χ4v) is 4.54. The molecule has 3 aromatic rings. The van der Waals surface area contributed by atoms with E-state index in [2.05, 4.69) is 19.9 Å². The fourth-order valence-electron chi connectivity index (χ4n) is 3.46. The molecule has 1 saturated carbocycles. The molecule has 0 aliphatic heterocycles. The number of anilines is 1. The van der Waals surface area contributed by atoms with Crippen LogP contribution in [-0.4, -0.2) is 50.4 Å². The molecule has 0 radical (unpaired) electrons. The Kier molecular flexibility index (Phi) is 5.98. The minimum Gasteiger partial charge on any atom is -0.351 e. The topological polar surface area (TPSA) is 111 Å². The van der Waals surface area contributed by atoms with Crippen LogP contribution in [0.15, 0.2) is 58.2 Å². The minimum atomic E-state index is -4.00. The second kappa shape index (κ2) is 8.71. The van der Waals surface area contributed by atoms with Gasteiger partial charge < -0.3 is 15.2 Å². The summed E-state index contributed by atoms with van der Waals surface area (Å²) in [5, 5.41) is 3.11. The number of H-pyrrole nitrogens is 1. The maximum absolute atomic E-state index is 13.1. The van der Waals surface area contributed by atoms with Crippen LogP contribution in [0, 0.1) is 5.82 Å². The van der Waals surface area contributed by atoms with Crippen molar-refractivity contribution in [3.05, 3.63) is 70.3 Å². The van der Waals surface area contributed by atoms with Gasteiger partial charge in [-0.1, -0.05) is 0 Å². The third-order valence-corrected chi connectivity index (χ3v) is 6.77. The average Bonchev–Trinajstić information content (AvgIpc) is 3.59. The SMILES string of the molecule is CN(CCNC(=O)c1cc(=O)[nH]c2ccc(S(=O)(=O)Nc3ccc(F)cc3)cc12)C1CC1. The molecule has 0 bridgehead atoms. The Morgan fingerprint density at radius 3 is 2.56 bits per heavy atom. The van der Waals surface area contributed by atoms with Gasteiger partial charge in [-0.25, -0.2) is 12.8 Å². The molecule has 32 heavy (non-hydrogen) atoms. The molecule has 0 saturated heterocycles. The number of aromatic nitrogens is 1. The second-order valence-electron chi connectivity index (χ2n) is 7.83. The molecule has 3 N–H and O–H groups in total. The molecule has 1 amide bonds. The maximum atomic E-state index is 13.1. The van der Waals surface area contributed by atoms with Crippen LogP contribution in [0.4, 0.5) is 10.1 Å². The van der Waals surface area contributed by atoms with E-state index in [0.717, 1.165) is 31.0 Å². The number of benzene rings is 2. The zero-order valence-corrected chi connectivity index (χ0v) is 18.2. The lowest BCUT2D eigenvalue weighted by molar-refractivity contribution is 0.0951. The van der Waals surface area contributed by atoms with E-state index in [9.17, 15) is 22.4 Å². The van der Waals surface area contributed by atoms with Crippen molar-refractivity contribution >= 4 is 32.5 Å². The molecular formula is C22H23FN4O4S. The Balaban J connectivity index is 1.60. The largest absolute Gasteiger partial charge is 0.351 e. The normalized spacial score (nSPS) is 14.0. The fraction of sp³-hybridized carbons (Fsp3) is 0.273. The number of aromatic amines is 1. The first kappa shape index (κ1) is 22.0. The molecule has 0 atom stereocenters. The van der Waals surface area contributed by atoms with Crippen molar-refractivity contribution in [3.63, 3.8) is 0 Å². The monoisotopic (exact) mass is 458 g/mol. The first-order valence-corrected chi connectivity index (χ1v) is 11.7. The van der Waals surface area contributed by atoms with Crippen molar-refractivity contribution in [2.24, 2.45) is 0 Å². The Morgan fingerprint density at radius 2 is 1.88 bits per heavy atom. The first-order chi connectivity index (χ1) is 15.2. The van der Waals surface area contributed by atoms with Gasteiger partial charge in [-0.3, -0.25) is 14.3 Å². The number of amides is 1. The van der Waals surface area contributed by atoms with Crippen LogP contribution in [0.1, 0.15) is 23.2 Å². The number of fused-ring (bicyclic) bond motifs is 1. The Labute approximate surface area is 184 Å². The molecule has 1 aliphatic carbocycles. The summed E-state index contributed by atoms with van der Waals surface area (Å²) in [6.45, 7) is 1.09. The molecule has 1 fully saturated rings. The van der Waals surface area contributed by atoms with Crippen LogP contribution in [0.5, 0.6) is 0 Å². The number of nitrogens with zero attached hydrogens (tertiary/aromatic N) is 1. The molecule has 1 heterocycles. The van der Waals surface area contributed by atoms with Gasteiger partial charge in [0.25, 0.3) is 15.9 Å². The highest BCUT2D eigenvalue weighted by Crippen LogP contribution is 2.25. The van der Waals surface area contributed by atoms with E-state index in [1.54, 1.807) is 0 Å². The Hall–Kier alpha value is -3.24. The van der Waals surface area contributed by atoms with Crippen LogP contribution < -0.4 is 15.6 Å². The highest BCUT2D eigenvalue weighted by molar-refractivity contribution is 7.92. The Bertz CT molecular complexity index is 1320. The number of carbonyl (C=O) groups excluding carboxylic acids is 1. The molecule has 1 aromatic heterocycles. The molecule has 8 nitrogen and oxygen atoms in total. The summed E-state index contributed by atoms with van der Waals surface area (Å²) in [6, 6.07) is 10.7. The van der Waals surface area contributed by atoms with Crippen LogP contribution in [0.3, 0.4) is 0 Å². The molecule has 0 unspecified atom stereocenters. The number of pyridine rings is 1. The molecule has 1 aliphatic rings. The van der Waals surface area contributed by atoms with Crippen LogP contribution in [-0.2, 0) is 10.0 Å². The van der Waals surface area contributed by atoms with Gasteiger partial charge >= 0.3 is 0 Å². The van der Waals surface area contributed by atoms with Gasteiger partial charge in [-0.2, -0.15) is 0 Å². The van der Waals surface area contributed by atoms with Gasteiger partial charge in [-0.05, 0) is 62.4 Å². The van der Waals surface area contributed by atoms with Crippen LogP contribution >= 0.6 is 0 Å². The predicted octanol–water partition coefficient (Wildman–Crippen LogP) is 2.29. The number of likely N-dealkylation sites (N-methyl/N-ethyl adjacent to an activating group) is 1. The van der Waals surface area contributed by atoms with Crippen molar-refractivity contribution in [1.29, 1.82) is 0 Å². The van der Waals surface area contributed by atoms with Gasteiger partial charge in [0.2, 0.25) is 5.56 Å². The van der Waals surface area contributed by atoms with Crippen molar-refractivity contribution in [2.45, 2.75) is 23.8 Å². The second-order valence-corrected chi connectivity index (χ2v) is 9.52. The molecule has 168 valence electrons. The highest BCUT2D eigenvalue weighted by Gasteiger charge is 2.25. The minimum absolute atomic E-state index is 0.0936. The number of halogens is 1. The number of hydrogen-bond donors (Lipinski definition) is 3. The lowest BCUT2D eigenvalue weighted by atomic mass is 10.1. The van der Waals surface area contributed by atoms with E-state index in [-0.39, 0.29) is 16.1 Å². The summed E-state index contributed by atoms with van der Waals surface area (Å²) < 4.78 is 41.1. The number of hydrogen-bond acceptors (Lipinski definition) is 5. The van der Waals surface area contributed by atoms with Crippen molar-refractivity contribution < 1.29 is 17.6 Å². The van der Waals surface area contributed by atoms with E-state index in [4.69, 9.17) is 0 Å². The van der Waals surface area contributed by atoms with E-state index >= 15 is 0 Å². The van der Waals surface area contributed by atoms with Gasteiger partial charge in [0, 0.05) is 41.8 Å². The molecular weight excluding hydrogens is 435 g/mol. The van der Waals surface area contributed by atoms with Gasteiger partial charge in [0.05, 0.1) is 10.5 Å². The Morgan fingerprint density at radius 1 is 1.16 bits per heavy atom. The van der Waals surface area contributed by atoms with E-state index in [1.807, 2.05) is 7.05 Å². The molecule has 10 heteroatoms. The van der Waals surface area contributed by atoms with E-state index in [0.29, 0.717) is 30.0 Å². The van der Waals surface area contributed by atoms with E-state index < -0.39 is 27.3 Å². The van der Waals surface area contributed by atoms with Crippen molar-refractivity contribution in [3.8, 4) is 0 Å². The summed E-state index contributed by atoms with van der Waals surface area (Å²) in [7, 11) is -2.01. The third kappa shape index (κ3) is 4.97. The smallest absolute Gasteiger partial charge is 0.261 e. The van der Waals surface area contributed by atoms with Gasteiger partial charge in [0.15, 0.2) is 0 Å². The summed E-state index contributed by atoms with van der Waals surface area (Å²) >= 11 is 0. The van der Waals surface area contributed by atoms with Crippen molar-refractivity contribution in [1.82, 2.24) is 15.2 Å². The number of nitrogens with one attached hydrogen (secondary N) is 3. The summed E-state index contributed by atoms with van der Waals surface area (Å²) in [4.78, 5) is 29.5. The standard InChI is InChI=1S/C22H23FN4O4S/c1-27(16-6-7-16)11-10-24-22(29)19-13-21(28)25-20-9-8-17(12-18(19)20)32(30,31)26-15-4-2-14(23)3-5-15/h2-5,8-9,12-13,16,26H,6-7,10-11H2,1H3,(H,24,29)(H,25,28). The third-order valence-electron chi connectivity index (χ3n) is 5.39. The quantitative estimate of drug-likeness (QED) is 0.480. The van der Waals surface area contributed by atoms with Crippen LogP contribution in [0.25, 0.3) is 10.9 Å². The lowest BCUT2D eigenvalue weighted by Gasteiger charge is -2.16. The lowest BCUT2D eigenvalue weighted by Crippen LogP contribution is -2.34. The number of carbonyl (C=O) groups is 1. The number of sulfonamides is 1. The summed E-state index contributed by atoms with van der Waals surface area (Å²) in [6.07, 6.45) is 2.32. The highest BCUT2D eigenvalue weighted by atomic mass is 32.2. The number of rotatable bonds is 8. The zero-order valence-electron chi connectivity index (χ0n) is 17.4. The van der Waals surface area contributed by atoms with Crippen molar-refractivity contribution in [2.75, 3.05) is 24.9 Å². The maximum Gasteiger partial charge on any atom is 0.261 e. The van der Waals surface area contributed by atoms with Crippen LogP contribution in [0.2, 0.25) is 0 Å². The zero-order chi connectivity index (χ0) is 22.9. The first-order valence-electron chi connectivity index (χ1n) is 10.2. The molecule has 2 aromatic carbocycles. The summed E-state index contributed by atoms with van der Waals surface area (Å²) in [5.41, 5.74) is 0.179. The molecule has 0 spiro atoms. The summed E-state index contributed by atoms with van der Waals surface area (Å²) in [5.74, 6) is -0.937. The predicted molar refractivity (Wildman–Crippen MR) is 120 cm³/mol. The average molecular weight is 459 g/mol. The van der Waals surface area contributed by atoms with E-state index in [1.165, 1.54) is 30.3 Å².